The van der Waals surface area contributed by atoms with Gasteiger partial charge in [0, 0.05) is 13.1 Å². The summed E-state index contributed by atoms with van der Waals surface area (Å²) in [6.07, 6.45) is 24.5. The van der Waals surface area contributed by atoms with Crippen LogP contribution in [0, 0.1) is 100 Å². The Morgan fingerprint density at radius 1 is 0.478 bits per heavy atom. The molecule has 6 unspecified atom stereocenters. The van der Waals surface area contributed by atoms with Crippen molar-refractivity contribution >= 4 is 11.8 Å². The van der Waals surface area contributed by atoms with Gasteiger partial charge in [0.15, 0.2) is 0 Å². The van der Waals surface area contributed by atoms with E-state index in [4.69, 9.17) is 0 Å². The number of hydrogen-bond donors (Lipinski definition) is 6. The predicted octanol–water partition coefficient (Wildman–Crippen LogP) is 12.9. The Balaban J connectivity index is 0.609. The van der Waals surface area contributed by atoms with Crippen molar-refractivity contribution in [2.75, 3.05) is 0 Å². The van der Waals surface area contributed by atoms with Crippen LogP contribution < -0.4 is 10.6 Å². The summed E-state index contributed by atoms with van der Waals surface area (Å²) in [7, 11) is 0. The molecule has 0 bridgehead atoms. The van der Waals surface area contributed by atoms with E-state index >= 15 is 0 Å². The number of aryl methyl sites for hydroxylation is 4. The minimum Gasteiger partial charge on any atom is -0.393 e. The van der Waals surface area contributed by atoms with E-state index in [2.05, 4.69) is 165 Å². The zero-order chi connectivity index (χ0) is 64.4. The SMILES string of the molecule is CC1(C)CC[C@@]2(C(=O)NCc3cn(CCc4ccc(CCn5cc(CNC(=O)[C@]67CCC(C)(C)CC6C6=CCC8[C@@]9(C)CC[C@H](O)C(C)(C)C9CC[C@@]8(C)[C@]6(C)C[C@H]7O)nn5)cc4)nn3)C(C1)C1=CCC3[C@@]4(C)CC[C@H](O)C(C)(C)C4CC[C@@]3(C)[C@]1(C)C[C@H]2O. The Bertz CT molecular complexity index is 3110. The molecule has 18 atom stereocenters. The highest BCUT2D eigenvalue weighted by atomic mass is 16.3. The molecule has 14 nitrogen and oxygen atoms in total. The lowest BCUT2D eigenvalue weighted by Crippen LogP contribution is -2.68. The third-order valence-electron chi connectivity index (χ3n) is 30.5. The number of fused-ring (bicyclic) bond motifs is 14. The van der Waals surface area contributed by atoms with E-state index in [1.807, 2.05) is 21.8 Å². The van der Waals surface area contributed by atoms with E-state index in [-0.39, 0.29) is 103 Å². The zero-order valence-corrected chi connectivity index (χ0v) is 57.7. The normalized spacial score (nSPS) is 43.4. The first-order valence-electron chi connectivity index (χ1n) is 35.7. The summed E-state index contributed by atoms with van der Waals surface area (Å²) in [5.74, 6) is 1.60. The molecule has 2 amide bonds. The third-order valence-corrected chi connectivity index (χ3v) is 30.5. The maximum atomic E-state index is 15.0. The Morgan fingerprint density at radius 2 is 0.856 bits per heavy atom. The van der Waals surface area contributed by atoms with E-state index in [1.54, 1.807) is 0 Å². The monoisotopic (exact) mass is 1230 g/mol. The average molecular weight is 1240 g/mol. The van der Waals surface area contributed by atoms with Crippen molar-refractivity contribution in [2.24, 2.45) is 100 Å². The minimum absolute atomic E-state index is 0.0255. The van der Waals surface area contributed by atoms with Gasteiger partial charge >= 0.3 is 0 Å². The second-order valence-corrected chi connectivity index (χ2v) is 36.3. The summed E-state index contributed by atoms with van der Waals surface area (Å²) in [6, 6.07) is 8.68. The summed E-state index contributed by atoms with van der Waals surface area (Å²) in [6.45, 7) is 35.3. The van der Waals surface area contributed by atoms with Gasteiger partial charge in [0.25, 0.3) is 0 Å². The van der Waals surface area contributed by atoms with E-state index in [1.165, 1.54) is 22.3 Å². The molecule has 10 aliphatic rings. The number of nitrogens with zero attached hydrogens (tertiary/aromatic N) is 6. The summed E-state index contributed by atoms with van der Waals surface area (Å²) in [5.41, 5.74) is 4.34. The van der Waals surface area contributed by atoms with E-state index in [0.717, 1.165) is 103 Å². The van der Waals surface area contributed by atoms with Crippen LogP contribution in [0.15, 0.2) is 60.0 Å². The van der Waals surface area contributed by atoms with Crippen LogP contribution in [0.1, 0.15) is 235 Å². The van der Waals surface area contributed by atoms with Gasteiger partial charge in [-0.05, 0) is 229 Å². The zero-order valence-electron chi connectivity index (χ0n) is 57.7. The number of amides is 2. The number of aliphatic hydroxyl groups excluding tert-OH is 4. The van der Waals surface area contributed by atoms with Crippen molar-refractivity contribution in [2.45, 2.75) is 276 Å². The van der Waals surface area contributed by atoms with Gasteiger partial charge in [0.1, 0.15) is 11.4 Å². The van der Waals surface area contributed by atoms with Gasteiger partial charge in [-0.3, -0.25) is 19.0 Å². The van der Waals surface area contributed by atoms with Gasteiger partial charge in [-0.1, -0.05) is 155 Å². The van der Waals surface area contributed by atoms with Crippen LogP contribution in [0.2, 0.25) is 0 Å². The number of carbonyl (C=O) groups is 2. The summed E-state index contributed by atoms with van der Waals surface area (Å²) in [5, 5.41) is 72.5. The highest BCUT2D eigenvalue weighted by Crippen LogP contribution is 2.78. The van der Waals surface area contributed by atoms with Crippen LogP contribution in [0.4, 0.5) is 0 Å². The van der Waals surface area contributed by atoms with Crippen molar-refractivity contribution in [1.29, 1.82) is 0 Å². The van der Waals surface area contributed by atoms with Gasteiger partial charge < -0.3 is 31.1 Å². The maximum absolute atomic E-state index is 15.0. The van der Waals surface area contributed by atoms with Crippen LogP contribution in [0.3, 0.4) is 0 Å². The second kappa shape index (κ2) is 21.6. The van der Waals surface area contributed by atoms with Crippen molar-refractivity contribution < 1.29 is 30.0 Å². The summed E-state index contributed by atoms with van der Waals surface area (Å²) < 4.78 is 3.72. The van der Waals surface area contributed by atoms with Crippen LogP contribution in [0.25, 0.3) is 0 Å². The molecule has 0 radical (unpaired) electrons. The first-order valence-corrected chi connectivity index (χ1v) is 35.7. The Labute approximate surface area is 538 Å². The van der Waals surface area contributed by atoms with Crippen LogP contribution in [-0.2, 0) is 48.6 Å². The lowest BCUT2D eigenvalue weighted by Gasteiger charge is -2.71. The molecule has 2 heterocycles. The number of benzene rings is 1. The maximum Gasteiger partial charge on any atom is 0.229 e. The number of hydrogen-bond acceptors (Lipinski definition) is 10. The molecule has 8 fully saturated rings. The molecular weight excluding hydrogens is 1120 g/mol. The quantitative estimate of drug-likeness (QED) is 0.0948. The molecule has 14 heteroatoms. The fourth-order valence-corrected chi connectivity index (χ4v) is 24.6. The first kappa shape index (κ1) is 64.5. The molecule has 13 rings (SSSR count). The second-order valence-electron chi connectivity index (χ2n) is 36.3. The first-order chi connectivity index (χ1) is 42.1. The molecule has 494 valence electrons. The molecule has 0 saturated heterocycles. The van der Waals surface area contributed by atoms with Gasteiger partial charge in [0.05, 0.1) is 60.7 Å². The number of nitrogens with one attached hydrogen (secondary N) is 2. The standard InChI is InChI=1S/C76H114N8O6/c1-65(2)33-35-75(53(39-65)51-19-21-57-69(9)29-25-59(85)67(5,6)55(69)23-31-71(57,11)73(51,13)41-61(75)87)63(89)77-43-49-45-83(81-79-49)37-27-47-15-17-48(18-16-47)28-38-84-46-50(80-82-84)44-78-64(90)76-36-34-66(3,4)40-54(76)52-20-22-58-70(10)30-26-60(86)68(7,8)56(70)24-32-72(58,12)74(52,14)42-62(76)88/h15-20,45-46,53-62,85-88H,21-44H2,1-14H3,(H,77,89)(H,78,90)/t53?,54?,55?,56?,57?,58?,59-,60-,61+,62+,69-,70-,71+,72+,73+,74+,75+,76+/m0/s1. The molecule has 2 aromatic heterocycles. The summed E-state index contributed by atoms with van der Waals surface area (Å²) in [4.78, 5) is 30.0. The van der Waals surface area contributed by atoms with Gasteiger partial charge in [-0.2, -0.15) is 0 Å². The molecule has 0 aliphatic heterocycles. The molecule has 90 heavy (non-hydrogen) atoms. The number of aliphatic hydroxyl groups is 4. The van der Waals surface area contributed by atoms with E-state index < -0.39 is 23.0 Å². The van der Waals surface area contributed by atoms with Gasteiger partial charge in [-0.15, -0.1) is 10.2 Å². The van der Waals surface area contributed by atoms with E-state index in [0.29, 0.717) is 73.8 Å². The number of aromatic nitrogens is 6. The molecule has 8 saturated carbocycles. The van der Waals surface area contributed by atoms with Crippen LogP contribution in [-0.4, -0.2) is 86.6 Å². The molecule has 6 N–H and O–H groups in total. The van der Waals surface area contributed by atoms with Crippen molar-refractivity contribution in [3.63, 3.8) is 0 Å². The highest BCUT2D eigenvalue weighted by Gasteiger charge is 2.73. The number of rotatable bonds is 12. The number of carbonyl (C=O) groups excluding carboxylic acids is 2. The van der Waals surface area contributed by atoms with Gasteiger partial charge in [-0.25, -0.2) is 0 Å². The van der Waals surface area contributed by atoms with Crippen molar-refractivity contribution in [3.05, 3.63) is 82.5 Å². The Morgan fingerprint density at radius 3 is 1.23 bits per heavy atom. The molecule has 0 spiro atoms. The number of allylic oxidation sites excluding steroid dienone is 4. The molecule has 10 aliphatic carbocycles. The lowest BCUT2D eigenvalue weighted by molar-refractivity contribution is -0.215. The van der Waals surface area contributed by atoms with Crippen molar-refractivity contribution in [1.82, 2.24) is 40.6 Å². The highest BCUT2D eigenvalue weighted by molar-refractivity contribution is 5.85. The van der Waals surface area contributed by atoms with E-state index in [9.17, 15) is 30.0 Å². The third kappa shape index (κ3) is 9.50. The van der Waals surface area contributed by atoms with Gasteiger partial charge in [0.2, 0.25) is 11.8 Å². The fraction of sp³-hybridized carbons (Fsp3) is 0.789. The fourth-order valence-electron chi connectivity index (χ4n) is 24.6. The molecular formula is C76H114N8O6. The topological polar surface area (TPSA) is 201 Å². The minimum atomic E-state index is -0.903. The Kier molecular flexibility index (Phi) is 15.5. The van der Waals surface area contributed by atoms with Crippen molar-refractivity contribution in [3.8, 4) is 0 Å². The predicted molar refractivity (Wildman–Crippen MR) is 350 cm³/mol. The Hall–Kier alpha value is -4.24. The van der Waals surface area contributed by atoms with Crippen LogP contribution >= 0.6 is 0 Å². The average Bonchev–Trinajstić information content (AvgIpc) is 0.702. The van der Waals surface area contributed by atoms with Crippen LogP contribution in [0.5, 0.6) is 0 Å². The summed E-state index contributed by atoms with van der Waals surface area (Å²) >= 11 is 0. The lowest BCUT2D eigenvalue weighted by atomic mass is 9.33. The smallest absolute Gasteiger partial charge is 0.229 e. The largest absolute Gasteiger partial charge is 0.393 e. The molecule has 1 aromatic carbocycles. The molecule has 3 aromatic rings.